The summed E-state index contributed by atoms with van der Waals surface area (Å²) in [4.78, 5) is 24.3. The van der Waals surface area contributed by atoms with Gasteiger partial charge in [0.25, 0.3) is 5.56 Å². The predicted molar refractivity (Wildman–Crippen MR) is 136 cm³/mol. The third kappa shape index (κ3) is 5.01. The lowest BCUT2D eigenvalue weighted by atomic mass is 10.00. The summed E-state index contributed by atoms with van der Waals surface area (Å²) in [6, 6.07) is 7.74. The van der Waals surface area contributed by atoms with Crippen LogP contribution in [0.15, 0.2) is 35.3 Å². The van der Waals surface area contributed by atoms with Crippen molar-refractivity contribution in [2.75, 3.05) is 36.5 Å². The molecule has 5 rings (SSSR count). The number of benzene rings is 1. The molecule has 0 spiro atoms. The van der Waals surface area contributed by atoms with Gasteiger partial charge in [-0.05, 0) is 49.9 Å². The van der Waals surface area contributed by atoms with E-state index < -0.39 is 0 Å². The van der Waals surface area contributed by atoms with Gasteiger partial charge in [-0.3, -0.25) is 4.79 Å². The van der Waals surface area contributed by atoms with Gasteiger partial charge >= 0.3 is 0 Å². The van der Waals surface area contributed by atoms with E-state index in [1.54, 1.807) is 11.6 Å². The molecular weight excluding hydrogens is 430 g/mol. The highest BCUT2D eigenvalue weighted by Gasteiger charge is 2.22. The van der Waals surface area contributed by atoms with Gasteiger partial charge in [0.1, 0.15) is 11.9 Å². The van der Waals surface area contributed by atoms with E-state index in [0.717, 1.165) is 52.9 Å². The second kappa shape index (κ2) is 10.4. The fraction of sp³-hybridized carbons (Fsp3) is 0.500. The number of ether oxygens (including phenoxy) is 2. The Bertz CT molecular complexity index is 1200. The van der Waals surface area contributed by atoms with E-state index >= 15 is 0 Å². The number of piperidine rings is 1. The van der Waals surface area contributed by atoms with Crippen LogP contribution >= 0.6 is 0 Å². The summed E-state index contributed by atoms with van der Waals surface area (Å²) in [6.45, 7) is 11.3. The largest absolute Gasteiger partial charge is 0.480 e. The zero-order valence-corrected chi connectivity index (χ0v) is 20.8. The van der Waals surface area contributed by atoms with Crippen LogP contribution in [0.3, 0.4) is 0 Å². The number of hydrogen-bond donors (Lipinski definition) is 1. The van der Waals surface area contributed by atoms with Crippen molar-refractivity contribution in [1.82, 2.24) is 14.5 Å². The number of nitrogens with one attached hydrogen (secondary N) is 1. The summed E-state index contributed by atoms with van der Waals surface area (Å²) in [6.07, 6.45) is 4.16. The molecule has 1 N–H and O–H groups in total. The molecule has 1 aromatic carbocycles. The Morgan fingerprint density at radius 3 is 2.56 bits per heavy atom. The number of nitrogens with zero attached hydrogens (tertiary/aromatic N) is 4. The van der Waals surface area contributed by atoms with E-state index in [0.29, 0.717) is 19.0 Å². The fourth-order valence-electron chi connectivity index (χ4n) is 4.13. The van der Waals surface area contributed by atoms with Crippen molar-refractivity contribution in [3.05, 3.63) is 46.4 Å². The van der Waals surface area contributed by atoms with Gasteiger partial charge in [0, 0.05) is 43.0 Å². The predicted octanol–water partition coefficient (Wildman–Crippen LogP) is 4.42. The van der Waals surface area contributed by atoms with E-state index in [9.17, 15) is 4.79 Å². The van der Waals surface area contributed by atoms with Crippen molar-refractivity contribution in [2.24, 2.45) is 13.0 Å². The SMILES string of the molecule is CC.Cc1cnc(N2CCC(C)CC2)nc1Nc1ccc2c(c1)cc(OC1COC1)c(=O)n2C. The number of fused-ring (bicyclic) bond motifs is 1. The number of hydrogen-bond acceptors (Lipinski definition) is 7. The molecular formula is C26H35N5O3. The molecule has 0 unspecified atom stereocenters. The molecule has 8 nitrogen and oxygen atoms in total. The van der Waals surface area contributed by atoms with Gasteiger partial charge in [0.15, 0.2) is 5.75 Å². The highest BCUT2D eigenvalue weighted by molar-refractivity contribution is 5.85. The zero-order valence-electron chi connectivity index (χ0n) is 20.8. The quantitative estimate of drug-likeness (QED) is 0.597. The normalized spacial score (nSPS) is 16.6. The highest BCUT2D eigenvalue weighted by Crippen LogP contribution is 2.27. The van der Waals surface area contributed by atoms with E-state index in [2.05, 4.69) is 22.1 Å². The van der Waals surface area contributed by atoms with Crippen LogP contribution in [-0.4, -0.2) is 46.9 Å². The van der Waals surface area contributed by atoms with Gasteiger partial charge < -0.3 is 24.3 Å². The standard InChI is InChI=1S/C24H29N5O3.C2H6/c1-15-6-8-29(9-7-15)24-25-12-16(2)22(27-24)26-18-4-5-20-17(10-18)11-21(23(30)28(20)3)32-19-13-31-14-19;1-2/h4-5,10-12,15,19H,6-9,13-14H2,1-3H3,(H,25,26,27);1-2H3. The van der Waals surface area contributed by atoms with Crippen LogP contribution in [0.5, 0.6) is 5.75 Å². The second-order valence-electron chi connectivity index (χ2n) is 8.92. The Morgan fingerprint density at radius 2 is 1.88 bits per heavy atom. The zero-order chi connectivity index (χ0) is 24.2. The van der Waals surface area contributed by atoms with Crippen LogP contribution in [0, 0.1) is 12.8 Å². The molecule has 0 aliphatic carbocycles. The summed E-state index contributed by atoms with van der Waals surface area (Å²) in [5.74, 6) is 2.67. The van der Waals surface area contributed by atoms with Gasteiger partial charge in [-0.25, -0.2) is 4.98 Å². The molecule has 2 fully saturated rings. The Hall–Kier alpha value is -3.13. The monoisotopic (exact) mass is 465 g/mol. The van der Waals surface area contributed by atoms with E-state index in [-0.39, 0.29) is 11.7 Å². The third-order valence-corrected chi connectivity index (χ3v) is 6.38. The first-order chi connectivity index (χ1) is 16.5. The molecule has 182 valence electrons. The number of anilines is 3. The van der Waals surface area contributed by atoms with E-state index in [1.165, 1.54) is 12.8 Å². The third-order valence-electron chi connectivity index (χ3n) is 6.38. The fourth-order valence-corrected chi connectivity index (χ4v) is 4.13. The van der Waals surface area contributed by atoms with E-state index in [4.69, 9.17) is 14.5 Å². The summed E-state index contributed by atoms with van der Waals surface area (Å²) in [5, 5.41) is 4.36. The Balaban J connectivity index is 0.00000133. The van der Waals surface area contributed by atoms with Crippen molar-refractivity contribution in [3.8, 4) is 5.75 Å². The summed E-state index contributed by atoms with van der Waals surface area (Å²) in [7, 11) is 1.77. The molecule has 0 amide bonds. The molecule has 2 aliphatic rings. The van der Waals surface area contributed by atoms with Gasteiger partial charge in [-0.15, -0.1) is 0 Å². The molecule has 2 aliphatic heterocycles. The summed E-state index contributed by atoms with van der Waals surface area (Å²) >= 11 is 0. The lowest BCUT2D eigenvalue weighted by Crippen LogP contribution is -2.40. The first-order valence-electron chi connectivity index (χ1n) is 12.2. The number of rotatable bonds is 5. The van der Waals surface area contributed by atoms with Gasteiger partial charge in [0.05, 0.1) is 18.7 Å². The Morgan fingerprint density at radius 1 is 1.15 bits per heavy atom. The van der Waals surface area contributed by atoms with Crippen LogP contribution in [-0.2, 0) is 11.8 Å². The summed E-state index contributed by atoms with van der Waals surface area (Å²) < 4.78 is 12.6. The average molecular weight is 466 g/mol. The van der Waals surface area contributed by atoms with Crippen molar-refractivity contribution < 1.29 is 9.47 Å². The lowest BCUT2D eigenvalue weighted by Gasteiger charge is -2.30. The smallest absolute Gasteiger partial charge is 0.293 e. The molecule has 2 aromatic heterocycles. The maximum absolute atomic E-state index is 12.6. The van der Waals surface area contributed by atoms with Crippen molar-refractivity contribution >= 4 is 28.4 Å². The molecule has 34 heavy (non-hydrogen) atoms. The minimum absolute atomic E-state index is 0.0543. The minimum Gasteiger partial charge on any atom is -0.480 e. The van der Waals surface area contributed by atoms with Crippen LogP contribution < -0.4 is 20.5 Å². The maximum Gasteiger partial charge on any atom is 0.293 e. The highest BCUT2D eigenvalue weighted by atomic mass is 16.6. The molecule has 0 atom stereocenters. The first-order valence-corrected chi connectivity index (χ1v) is 12.2. The van der Waals surface area contributed by atoms with Crippen LogP contribution in [0.25, 0.3) is 10.9 Å². The number of pyridine rings is 1. The molecule has 4 heterocycles. The number of aryl methyl sites for hydroxylation is 2. The molecule has 2 saturated heterocycles. The maximum atomic E-state index is 12.6. The molecule has 0 bridgehead atoms. The minimum atomic E-state index is -0.141. The Labute approximate surface area is 200 Å². The second-order valence-corrected chi connectivity index (χ2v) is 8.92. The molecule has 8 heteroatoms. The van der Waals surface area contributed by atoms with Gasteiger partial charge in [-0.1, -0.05) is 20.8 Å². The topological polar surface area (TPSA) is 81.5 Å². The van der Waals surface area contributed by atoms with Crippen molar-refractivity contribution in [1.29, 1.82) is 0 Å². The van der Waals surface area contributed by atoms with Crippen LogP contribution in [0.4, 0.5) is 17.5 Å². The average Bonchev–Trinajstić information content (AvgIpc) is 2.82. The summed E-state index contributed by atoms with van der Waals surface area (Å²) in [5.41, 5.74) is 2.58. The van der Waals surface area contributed by atoms with Gasteiger partial charge in [0.2, 0.25) is 5.95 Å². The van der Waals surface area contributed by atoms with Crippen molar-refractivity contribution in [3.63, 3.8) is 0 Å². The number of aromatic nitrogens is 3. The van der Waals surface area contributed by atoms with Crippen LogP contribution in [0.1, 0.15) is 39.2 Å². The molecule has 0 saturated carbocycles. The van der Waals surface area contributed by atoms with Crippen LogP contribution in [0.2, 0.25) is 0 Å². The lowest BCUT2D eigenvalue weighted by molar-refractivity contribution is -0.0802. The van der Waals surface area contributed by atoms with E-state index in [1.807, 2.05) is 51.2 Å². The van der Waals surface area contributed by atoms with Crippen molar-refractivity contribution in [2.45, 2.75) is 46.6 Å². The first kappa shape index (κ1) is 24.0. The van der Waals surface area contributed by atoms with Gasteiger partial charge in [-0.2, -0.15) is 4.98 Å². The molecule has 3 aromatic rings. The molecule has 0 radical (unpaired) electrons. The Kier molecular flexibility index (Phi) is 7.36.